The van der Waals surface area contributed by atoms with Gasteiger partial charge in [-0.1, -0.05) is 29.3 Å². The predicted octanol–water partition coefficient (Wildman–Crippen LogP) is 3.24. The van der Waals surface area contributed by atoms with Crippen LogP contribution >= 0.6 is 23.2 Å². The molecule has 1 aromatic carbocycles. The van der Waals surface area contributed by atoms with E-state index in [9.17, 15) is 0 Å². The Bertz CT molecular complexity index is 785. The van der Waals surface area contributed by atoms with E-state index >= 15 is 0 Å². The van der Waals surface area contributed by atoms with Crippen molar-refractivity contribution in [2.45, 2.75) is 13.2 Å². The van der Waals surface area contributed by atoms with Crippen LogP contribution in [0.3, 0.4) is 0 Å². The molecule has 2 aromatic heterocycles. The van der Waals surface area contributed by atoms with Crippen molar-refractivity contribution in [3.05, 3.63) is 58.0 Å². The summed E-state index contributed by atoms with van der Waals surface area (Å²) in [4.78, 5) is 8.37. The standard InChI is InChI=1S/C15H12Cl2N4O2/c16-12-2-1-3-13(17)11(12)8-23-10-5-18-15(19-6-10)14-4-9(7-22)20-21-14/h1-6,22H,7-8H2,(H,20,21). The fourth-order valence-corrected chi connectivity index (χ4v) is 2.41. The second-order valence-corrected chi connectivity index (χ2v) is 5.48. The number of hydrogen-bond acceptors (Lipinski definition) is 5. The molecule has 0 radical (unpaired) electrons. The molecule has 0 fully saturated rings. The Balaban J connectivity index is 1.70. The summed E-state index contributed by atoms with van der Waals surface area (Å²) in [6.07, 6.45) is 3.08. The minimum atomic E-state index is -0.118. The predicted molar refractivity (Wildman–Crippen MR) is 86.3 cm³/mol. The third-order valence-corrected chi connectivity index (χ3v) is 3.81. The Morgan fingerprint density at radius 3 is 2.43 bits per heavy atom. The van der Waals surface area contributed by atoms with Gasteiger partial charge >= 0.3 is 0 Å². The minimum Gasteiger partial charge on any atom is -0.486 e. The van der Waals surface area contributed by atoms with Crippen LogP contribution in [0.2, 0.25) is 10.0 Å². The largest absolute Gasteiger partial charge is 0.486 e. The van der Waals surface area contributed by atoms with Crippen molar-refractivity contribution >= 4 is 23.2 Å². The first-order valence-corrected chi connectivity index (χ1v) is 7.46. The molecule has 0 bridgehead atoms. The molecule has 0 saturated heterocycles. The second kappa shape index (κ2) is 6.95. The summed E-state index contributed by atoms with van der Waals surface area (Å²) in [7, 11) is 0. The van der Waals surface area contributed by atoms with E-state index in [-0.39, 0.29) is 13.2 Å². The molecule has 0 unspecified atom stereocenters. The molecule has 2 N–H and O–H groups in total. The Kier molecular flexibility index (Phi) is 4.76. The summed E-state index contributed by atoms with van der Waals surface area (Å²) in [5.41, 5.74) is 1.85. The van der Waals surface area contributed by atoms with Gasteiger partial charge in [-0.3, -0.25) is 5.10 Å². The van der Waals surface area contributed by atoms with Crippen molar-refractivity contribution in [3.63, 3.8) is 0 Å². The molecule has 0 aliphatic rings. The van der Waals surface area contributed by atoms with Crippen LogP contribution in [0.5, 0.6) is 5.75 Å². The molecule has 0 amide bonds. The Hall–Kier alpha value is -2.15. The molecule has 0 spiro atoms. The summed E-state index contributed by atoms with van der Waals surface area (Å²) in [6, 6.07) is 6.96. The van der Waals surface area contributed by atoms with Gasteiger partial charge in [0.05, 0.1) is 24.7 Å². The van der Waals surface area contributed by atoms with Gasteiger partial charge in [-0.25, -0.2) is 9.97 Å². The van der Waals surface area contributed by atoms with Crippen molar-refractivity contribution < 1.29 is 9.84 Å². The molecule has 23 heavy (non-hydrogen) atoms. The van der Waals surface area contributed by atoms with E-state index in [1.807, 2.05) is 0 Å². The van der Waals surface area contributed by atoms with E-state index in [0.29, 0.717) is 38.6 Å². The van der Waals surface area contributed by atoms with Crippen molar-refractivity contribution in [3.8, 4) is 17.3 Å². The lowest BCUT2D eigenvalue weighted by Gasteiger charge is -2.09. The SMILES string of the molecule is OCc1cc(-c2ncc(OCc3c(Cl)cccc3Cl)cn2)n[nH]1. The first-order valence-electron chi connectivity index (χ1n) is 6.70. The molecule has 0 atom stereocenters. The number of benzene rings is 1. The maximum Gasteiger partial charge on any atom is 0.180 e. The highest BCUT2D eigenvalue weighted by Gasteiger charge is 2.09. The normalized spacial score (nSPS) is 10.7. The summed E-state index contributed by atoms with van der Waals surface area (Å²) in [6.45, 7) is 0.102. The highest BCUT2D eigenvalue weighted by atomic mass is 35.5. The van der Waals surface area contributed by atoms with Gasteiger partial charge in [0.25, 0.3) is 0 Å². The maximum absolute atomic E-state index is 9.01. The van der Waals surface area contributed by atoms with Gasteiger partial charge in [-0.15, -0.1) is 0 Å². The fraction of sp³-hybridized carbons (Fsp3) is 0.133. The third kappa shape index (κ3) is 3.61. The Labute approximate surface area is 142 Å². The van der Waals surface area contributed by atoms with Gasteiger partial charge in [0.15, 0.2) is 11.6 Å². The molecule has 6 nitrogen and oxygen atoms in total. The van der Waals surface area contributed by atoms with Gasteiger partial charge in [0.2, 0.25) is 0 Å². The molecule has 0 saturated carbocycles. The average Bonchev–Trinajstić information content (AvgIpc) is 3.04. The van der Waals surface area contributed by atoms with Gasteiger partial charge in [0, 0.05) is 15.6 Å². The monoisotopic (exact) mass is 350 g/mol. The number of aliphatic hydroxyl groups is 1. The first-order chi connectivity index (χ1) is 11.2. The molecule has 118 valence electrons. The number of nitrogens with one attached hydrogen (secondary N) is 1. The summed E-state index contributed by atoms with van der Waals surface area (Å²) in [5, 5.41) is 16.8. The van der Waals surface area contributed by atoms with E-state index in [4.69, 9.17) is 33.0 Å². The quantitative estimate of drug-likeness (QED) is 0.737. The number of halogens is 2. The zero-order valence-corrected chi connectivity index (χ0v) is 13.3. The first kappa shape index (κ1) is 15.7. The number of aromatic nitrogens is 4. The molecule has 3 aromatic rings. The van der Waals surface area contributed by atoms with Crippen LogP contribution in [0.1, 0.15) is 11.3 Å². The van der Waals surface area contributed by atoms with Crippen LogP contribution in [0, 0.1) is 0 Å². The Morgan fingerprint density at radius 2 is 1.83 bits per heavy atom. The van der Waals surface area contributed by atoms with Crippen LogP contribution in [-0.2, 0) is 13.2 Å². The topological polar surface area (TPSA) is 83.9 Å². The lowest BCUT2D eigenvalue weighted by atomic mass is 10.2. The van der Waals surface area contributed by atoms with E-state index in [1.165, 1.54) is 0 Å². The van der Waals surface area contributed by atoms with Gasteiger partial charge in [-0.05, 0) is 18.2 Å². The number of hydrogen-bond donors (Lipinski definition) is 2. The number of ether oxygens (including phenoxy) is 1. The molecule has 2 heterocycles. The molecule has 3 rings (SSSR count). The van der Waals surface area contributed by atoms with E-state index < -0.39 is 0 Å². The van der Waals surface area contributed by atoms with Crippen molar-refractivity contribution in [2.24, 2.45) is 0 Å². The van der Waals surface area contributed by atoms with Crippen molar-refractivity contribution in [1.29, 1.82) is 0 Å². The summed E-state index contributed by atoms with van der Waals surface area (Å²) < 4.78 is 5.61. The van der Waals surface area contributed by atoms with Crippen LogP contribution in [0.4, 0.5) is 0 Å². The molecular formula is C15H12Cl2N4O2. The van der Waals surface area contributed by atoms with Crippen LogP contribution < -0.4 is 4.74 Å². The maximum atomic E-state index is 9.01. The van der Waals surface area contributed by atoms with Gasteiger partial charge in [-0.2, -0.15) is 5.10 Å². The lowest BCUT2D eigenvalue weighted by Crippen LogP contribution is -1.99. The second-order valence-electron chi connectivity index (χ2n) is 4.67. The third-order valence-electron chi connectivity index (χ3n) is 3.10. The Morgan fingerprint density at radius 1 is 1.13 bits per heavy atom. The van der Waals surface area contributed by atoms with Gasteiger partial charge < -0.3 is 9.84 Å². The fourth-order valence-electron chi connectivity index (χ4n) is 1.91. The zero-order valence-electron chi connectivity index (χ0n) is 11.8. The van der Waals surface area contributed by atoms with Crippen molar-refractivity contribution in [1.82, 2.24) is 20.2 Å². The number of H-pyrrole nitrogens is 1. The van der Waals surface area contributed by atoms with Crippen LogP contribution in [-0.4, -0.2) is 25.3 Å². The van der Waals surface area contributed by atoms with Crippen LogP contribution in [0.25, 0.3) is 11.5 Å². The average molecular weight is 351 g/mol. The van der Waals surface area contributed by atoms with E-state index in [2.05, 4.69) is 20.2 Å². The number of aliphatic hydroxyl groups excluding tert-OH is 1. The van der Waals surface area contributed by atoms with Crippen LogP contribution in [0.15, 0.2) is 36.7 Å². The highest BCUT2D eigenvalue weighted by Crippen LogP contribution is 2.25. The van der Waals surface area contributed by atoms with Crippen molar-refractivity contribution in [2.75, 3.05) is 0 Å². The van der Waals surface area contributed by atoms with E-state index in [1.54, 1.807) is 36.7 Å². The zero-order chi connectivity index (χ0) is 16.2. The summed E-state index contributed by atoms with van der Waals surface area (Å²) in [5.74, 6) is 0.923. The smallest absolute Gasteiger partial charge is 0.180 e. The van der Waals surface area contributed by atoms with E-state index in [0.717, 1.165) is 0 Å². The molecule has 0 aliphatic carbocycles. The number of aromatic amines is 1. The molecule has 8 heteroatoms. The highest BCUT2D eigenvalue weighted by molar-refractivity contribution is 6.35. The number of nitrogens with zero attached hydrogens (tertiary/aromatic N) is 3. The molecule has 0 aliphatic heterocycles. The minimum absolute atomic E-state index is 0.118. The molecular weight excluding hydrogens is 339 g/mol. The van der Waals surface area contributed by atoms with Gasteiger partial charge in [0.1, 0.15) is 12.3 Å². The number of rotatable bonds is 5. The summed E-state index contributed by atoms with van der Waals surface area (Å²) >= 11 is 12.2. The lowest BCUT2D eigenvalue weighted by molar-refractivity contribution is 0.276.